The van der Waals surface area contributed by atoms with E-state index < -0.39 is 23.7 Å². The van der Waals surface area contributed by atoms with E-state index in [-0.39, 0.29) is 40.4 Å². The van der Waals surface area contributed by atoms with Gasteiger partial charge in [-0.25, -0.2) is 0 Å². The molecule has 0 spiro atoms. The molecule has 4 amide bonds. The quantitative estimate of drug-likeness (QED) is 0.343. The lowest BCUT2D eigenvalue weighted by molar-refractivity contribution is -0.146. The van der Waals surface area contributed by atoms with E-state index in [4.69, 9.17) is 0 Å². The van der Waals surface area contributed by atoms with E-state index in [1.165, 1.54) is 38.5 Å². The zero-order valence-corrected chi connectivity index (χ0v) is 24.6. The van der Waals surface area contributed by atoms with E-state index in [2.05, 4.69) is 0 Å². The van der Waals surface area contributed by atoms with Crippen LogP contribution in [0.3, 0.4) is 0 Å². The van der Waals surface area contributed by atoms with Gasteiger partial charge in [0.05, 0.1) is 23.7 Å². The van der Waals surface area contributed by atoms with Crippen molar-refractivity contribution >= 4 is 23.6 Å². The number of imide groups is 2. The third-order valence-corrected chi connectivity index (χ3v) is 14.2. The zero-order chi connectivity index (χ0) is 27.8. The molecule has 11 aliphatic rings. The van der Waals surface area contributed by atoms with Gasteiger partial charge in [0.15, 0.2) is 0 Å². The van der Waals surface area contributed by atoms with E-state index >= 15 is 0 Å². The van der Waals surface area contributed by atoms with Gasteiger partial charge in [0.1, 0.15) is 0 Å². The highest BCUT2D eigenvalue weighted by Crippen LogP contribution is 2.63. The van der Waals surface area contributed by atoms with E-state index in [1.807, 2.05) is 19.1 Å². The van der Waals surface area contributed by atoms with Crippen molar-refractivity contribution < 1.29 is 19.2 Å². The number of nitrogens with zero attached hydrogens (tertiary/aromatic N) is 2. The Morgan fingerprint density at radius 2 is 0.902 bits per heavy atom. The van der Waals surface area contributed by atoms with Crippen LogP contribution in [0.5, 0.6) is 0 Å². The maximum absolute atomic E-state index is 14.2. The first kappa shape index (κ1) is 25.5. The smallest absolute Gasteiger partial charge is 0.233 e. The number of amides is 4. The van der Waals surface area contributed by atoms with Gasteiger partial charge in [-0.05, 0) is 137 Å². The number of likely N-dealkylation sites (tertiary alicyclic amines) is 2. The summed E-state index contributed by atoms with van der Waals surface area (Å²) in [7, 11) is 0. The molecule has 2 saturated heterocycles. The maximum atomic E-state index is 14.2. The molecule has 0 radical (unpaired) electrons. The van der Waals surface area contributed by atoms with E-state index in [9.17, 15) is 19.2 Å². The molecule has 0 unspecified atom stereocenters. The van der Waals surface area contributed by atoms with Gasteiger partial charge in [-0.3, -0.25) is 29.0 Å². The Kier molecular flexibility index (Phi) is 5.33. The van der Waals surface area contributed by atoms with E-state index in [0.29, 0.717) is 19.5 Å². The van der Waals surface area contributed by atoms with Crippen molar-refractivity contribution in [2.24, 2.45) is 75.9 Å². The van der Waals surface area contributed by atoms with Crippen molar-refractivity contribution in [1.29, 1.82) is 0 Å². The number of hydrogen-bond acceptors (Lipinski definition) is 4. The summed E-state index contributed by atoms with van der Waals surface area (Å²) in [5.74, 6) is 2.09. The van der Waals surface area contributed by atoms with Crippen LogP contribution in [-0.2, 0) is 19.2 Å². The molecule has 0 aromatic heterocycles. The Labute approximate surface area is 244 Å². The number of fused-ring (bicyclic) bond motifs is 2. The first-order chi connectivity index (χ1) is 19.7. The lowest BCUT2D eigenvalue weighted by atomic mass is 9.49. The first-order valence-corrected chi connectivity index (χ1v) is 17.1. The minimum atomic E-state index is -0.495. The number of carbonyl (C=O) groups is 4. The molecular formula is C35H46N2O4. The number of hydrogen-bond donors (Lipinski definition) is 0. The van der Waals surface area contributed by atoms with Crippen molar-refractivity contribution in [1.82, 2.24) is 9.80 Å². The number of allylic oxidation sites excluding steroid dienone is 2. The predicted octanol–water partition coefficient (Wildman–Crippen LogP) is 5.22. The molecule has 9 saturated carbocycles. The summed E-state index contributed by atoms with van der Waals surface area (Å²) < 4.78 is 0. The van der Waals surface area contributed by atoms with Crippen LogP contribution >= 0.6 is 0 Å². The van der Waals surface area contributed by atoms with Crippen LogP contribution in [-0.4, -0.2) is 46.5 Å². The van der Waals surface area contributed by atoms with Gasteiger partial charge in [-0.2, -0.15) is 0 Å². The van der Waals surface area contributed by atoms with E-state index in [0.717, 1.165) is 74.0 Å². The Morgan fingerprint density at radius 3 is 1.22 bits per heavy atom. The van der Waals surface area contributed by atoms with Gasteiger partial charge in [0.2, 0.25) is 23.6 Å². The summed E-state index contributed by atoms with van der Waals surface area (Å²) in [6, 6.07) is 0. The van der Waals surface area contributed by atoms with Gasteiger partial charge >= 0.3 is 0 Å². The largest absolute Gasteiger partial charge is 0.282 e. The molecule has 6 nitrogen and oxygen atoms in total. The third-order valence-electron chi connectivity index (χ3n) is 14.2. The molecular weight excluding hydrogens is 512 g/mol. The van der Waals surface area contributed by atoms with Gasteiger partial charge in [-0.15, -0.1) is 0 Å². The fourth-order valence-electron chi connectivity index (χ4n) is 13.9. The summed E-state index contributed by atoms with van der Waals surface area (Å²) in [6.45, 7) is 3.07. The number of carbonyl (C=O) groups excluding carboxylic acids is 4. The SMILES string of the molecule is C/C=C/C1[C@@H]2C(=O)N(CC34CC5CC(CC(C5)C3)C4)C(=O)[C@@H]2C[C@H]2C(=O)N(CC34CC5CC(CC(C5)C3)C4)C(=O)[C@@H]12. The molecule has 220 valence electrons. The fraction of sp³-hybridized carbons (Fsp3) is 0.829. The Hall–Kier alpha value is -1.98. The second kappa shape index (κ2) is 8.56. The van der Waals surface area contributed by atoms with Gasteiger partial charge < -0.3 is 0 Å². The van der Waals surface area contributed by atoms with Crippen LogP contribution in [0.4, 0.5) is 0 Å². The highest BCUT2D eigenvalue weighted by atomic mass is 16.2. The number of rotatable bonds is 5. The lowest BCUT2D eigenvalue weighted by Gasteiger charge is -2.57. The van der Waals surface area contributed by atoms with Crippen molar-refractivity contribution in [3.05, 3.63) is 12.2 Å². The van der Waals surface area contributed by atoms with Gasteiger partial charge in [0.25, 0.3) is 0 Å². The molecule has 11 fully saturated rings. The second-order valence-electron chi connectivity index (χ2n) is 17.0. The summed E-state index contributed by atoms with van der Waals surface area (Å²) >= 11 is 0. The standard InChI is InChI=1S/C35H46N2O4/c1-2-3-25-28-26(30(38)36(32(28)40)17-34-11-19-4-20(12-34)6-21(5-19)13-34)10-27-29(25)33(41)37(31(27)39)18-35-14-22-7-23(15-35)9-24(8-22)16-35/h2-3,19-29H,4-18H2,1H3/b3-2+/t19?,20?,21?,22?,23?,24?,25?,26-,27-,28+,29+,34?,35?/m1/s1. The molecule has 8 bridgehead atoms. The summed E-state index contributed by atoms with van der Waals surface area (Å²) in [5, 5.41) is 0. The normalized spacial score (nSPS) is 52.9. The third kappa shape index (κ3) is 3.60. The fourth-order valence-corrected chi connectivity index (χ4v) is 13.9. The molecule has 6 heteroatoms. The minimum Gasteiger partial charge on any atom is -0.282 e. The van der Waals surface area contributed by atoms with Crippen LogP contribution in [0.15, 0.2) is 12.2 Å². The molecule has 0 aromatic rings. The minimum absolute atomic E-state index is 0.0523. The van der Waals surface area contributed by atoms with Crippen LogP contribution in [0.1, 0.15) is 90.4 Å². The molecule has 4 atom stereocenters. The molecule has 0 aromatic carbocycles. The highest BCUT2D eigenvalue weighted by Gasteiger charge is 2.65. The van der Waals surface area contributed by atoms with Crippen molar-refractivity contribution in [3.63, 3.8) is 0 Å². The van der Waals surface area contributed by atoms with Crippen molar-refractivity contribution in [3.8, 4) is 0 Å². The lowest BCUT2D eigenvalue weighted by Crippen LogP contribution is -2.52. The monoisotopic (exact) mass is 558 g/mol. The van der Waals surface area contributed by atoms with Gasteiger partial charge in [0, 0.05) is 19.0 Å². The summed E-state index contributed by atoms with van der Waals surface area (Å²) in [5.41, 5.74) is 0.194. The Morgan fingerprint density at radius 1 is 0.561 bits per heavy atom. The first-order valence-electron chi connectivity index (χ1n) is 17.1. The average Bonchev–Trinajstić information content (AvgIpc) is 3.27. The Bertz CT molecular complexity index is 1090. The molecule has 2 aliphatic heterocycles. The molecule has 0 N–H and O–H groups in total. The van der Waals surface area contributed by atoms with Gasteiger partial charge in [-0.1, -0.05) is 12.2 Å². The molecule has 2 heterocycles. The molecule has 11 rings (SSSR count). The van der Waals surface area contributed by atoms with Crippen LogP contribution < -0.4 is 0 Å². The Balaban J connectivity index is 0.985. The van der Waals surface area contributed by atoms with Crippen LogP contribution in [0.25, 0.3) is 0 Å². The highest BCUT2D eigenvalue weighted by molar-refractivity contribution is 6.10. The maximum Gasteiger partial charge on any atom is 0.233 e. The summed E-state index contributed by atoms with van der Waals surface area (Å²) in [4.78, 5) is 59.7. The van der Waals surface area contributed by atoms with Crippen LogP contribution in [0, 0.1) is 75.9 Å². The zero-order valence-electron chi connectivity index (χ0n) is 24.6. The van der Waals surface area contributed by atoms with Crippen molar-refractivity contribution in [2.45, 2.75) is 90.4 Å². The summed E-state index contributed by atoms with van der Waals surface area (Å²) in [6.07, 6.45) is 19.3. The average molecular weight is 559 g/mol. The van der Waals surface area contributed by atoms with Crippen LogP contribution in [0.2, 0.25) is 0 Å². The topological polar surface area (TPSA) is 74.8 Å². The molecule has 9 aliphatic carbocycles. The van der Waals surface area contributed by atoms with Crippen molar-refractivity contribution in [2.75, 3.05) is 13.1 Å². The van der Waals surface area contributed by atoms with E-state index in [1.54, 1.807) is 9.80 Å². The second-order valence-corrected chi connectivity index (χ2v) is 17.0. The molecule has 41 heavy (non-hydrogen) atoms. The predicted molar refractivity (Wildman–Crippen MR) is 152 cm³/mol.